The third kappa shape index (κ3) is 4.34. The van der Waals surface area contributed by atoms with E-state index in [0.29, 0.717) is 6.54 Å². The fourth-order valence-electron chi connectivity index (χ4n) is 2.11. The summed E-state index contributed by atoms with van der Waals surface area (Å²) in [6.07, 6.45) is 0.913. The van der Waals surface area contributed by atoms with E-state index in [1.54, 1.807) is 0 Å². The molecule has 0 heterocycles. The number of hydrogen-bond donors (Lipinski definition) is 2. The van der Waals surface area contributed by atoms with Crippen LogP contribution < -0.4 is 11.1 Å². The second-order valence-electron chi connectivity index (χ2n) is 6.38. The van der Waals surface area contributed by atoms with E-state index in [1.807, 2.05) is 6.92 Å². The third-order valence-electron chi connectivity index (χ3n) is 4.06. The molecule has 0 aliphatic carbocycles. The molecule has 2 unspecified atom stereocenters. The molecule has 0 bridgehead atoms. The smallest absolute Gasteiger partial charge is 0.237 e. The van der Waals surface area contributed by atoms with Gasteiger partial charge in [0.2, 0.25) is 5.91 Å². The second-order valence-corrected chi connectivity index (χ2v) is 6.38. The van der Waals surface area contributed by atoms with E-state index in [-0.39, 0.29) is 17.2 Å². The molecule has 0 fully saturated rings. The average Bonchev–Trinajstić information content (AvgIpc) is 2.43. The molecule has 3 heteroatoms. The van der Waals surface area contributed by atoms with Gasteiger partial charge in [-0.1, -0.05) is 63.9 Å². The maximum Gasteiger partial charge on any atom is 0.237 e. The van der Waals surface area contributed by atoms with Crippen molar-refractivity contribution >= 4 is 5.91 Å². The molecule has 2 atom stereocenters. The molecule has 0 radical (unpaired) electrons. The Morgan fingerprint density at radius 1 is 1.40 bits per heavy atom. The molecule has 20 heavy (non-hydrogen) atoms. The van der Waals surface area contributed by atoms with Crippen LogP contribution in [0.2, 0.25) is 0 Å². The highest BCUT2D eigenvalue weighted by Gasteiger charge is 2.24. The monoisotopic (exact) mass is 276 g/mol. The van der Waals surface area contributed by atoms with Crippen LogP contribution in [0.15, 0.2) is 24.3 Å². The summed E-state index contributed by atoms with van der Waals surface area (Å²) in [5.41, 5.74) is 8.32. The molecular formula is C17H28N2O. The molecule has 0 aliphatic rings. The van der Waals surface area contributed by atoms with Crippen molar-refractivity contribution in [3.05, 3.63) is 35.4 Å². The Hall–Kier alpha value is -1.35. The summed E-state index contributed by atoms with van der Waals surface area (Å²) >= 11 is 0. The molecule has 0 aromatic heterocycles. The lowest BCUT2D eigenvalue weighted by atomic mass is 9.83. The summed E-state index contributed by atoms with van der Waals surface area (Å²) in [5, 5.41) is 2.99. The van der Waals surface area contributed by atoms with Gasteiger partial charge in [-0.3, -0.25) is 4.79 Å². The molecule has 1 aromatic rings. The predicted octanol–water partition coefficient (Wildman–Crippen LogP) is 2.76. The lowest BCUT2D eigenvalue weighted by molar-refractivity contribution is -0.123. The van der Waals surface area contributed by atoms with Gasteiger partial charge in [0.25, 0.3) is 0 Å². The number of hydrogen-bond acceptors (Lipinski definition) is 2. The van der Waals surface area contributed by atoms with E-state index >= 15 is 0 Å². The SMILES string of the molecule is CCC(C)C(N)C(=O)NCC(C)(C)c1cccc(C)c1. The number of carbonyl (C=O) groups excluding carboxylic acids is 1. The zero-order chi connectivity index (χ0) is 15.3. The van der Waals surface area contributed by atoms with Crippen LogP contribution in [0.4, 0.5) is 0 Å². The average molecular weight is 276 g/mol. The van der Waals surface area contributed by atoms with Crippen molar-refractivity contribution in [1.29, 1.82) is 0 Å². The second kappa shape index (κ2) is 6.89. The van der Waals surface area contributed by atoms with Crippen molar-refractivity contribution in [1.82, 2.24) is 5.32 Å². The van der Waals surface area contributed by atoms with Gasteiger partial charge in [-0.25, -0.2) is 0 Å². The molecule has 0 saturated heterocycles. The van der Waals surface area contributed by atoms with Gasteiger partial charge in [0, 0.05) is 12.0 Å². The van der Waals surface area contributed by atoms with Crippen molar-refractivity contribution < 1.29 is 4.79 Å². The highest BCUT2D eigenvalue weighted by atomic mass is 16.2. The number of amides is 1. The summed E-state index contributed by atoms with van der Waals surface area (Å²) in [6.45, 7) is 11.0. The number of rotatable bonds is 6. The van der Waals surface area contributed by atoms with Crippen LogP contribution in [-0.4, -0.2) is 18.5 Å². The predicted molar refractivity (Wildman–Crippen MR) is 84.6 cm³/mol. The van der Waals surface area contributed by atoms with Crippen molar-refractivity contribution in [3.63, 3.8) is 0 Å². The van der Waals surface area contributed by atoms with Crippen molar-refractivity contribution in [3.8, 4) is 0 Å². The quantitative estimate of drug-likeness (QED) is 0.839. The first-order valence-electron chi connectivity index (χ1n) is 7.38. The third-order valence-corrected chi connectivity index (χ3v) is 4.06. The molecular weight excluding hydrogens is 248 g/mol. The Bertz CT molecular complexity index is 454. The zero-order valence-corrected chi connectivity index (χ0v) is 13.4. The Balaban J connectivity index is 2.66. The molecule has 112 valence electrons. The number of benzene rings is 1. The Labute approximate surface area is 122 Å². The van der Waals surface area contributed by atoms with Crippen molar-refractivity contribution in [2.24, 2.45) is 11.7 Å². The van der Waals surface area contributed by atoms with Gasteiger partial charge in [0.05, 0.1) is 6.04 Å². The molecule has 3 nitrogen and oxygen atoms in total. The zero-order valence-electron chi connectivity index (χ0n) is 13.4. The maximum absolute atomic E-state index is 12.1. The summed E-state index contributed by atoms with van der Waals surface area (Å²) in [7, 11) is 0. The minimum absolute atomic E-state index is 0.0555. The van der Waals surface area contributed by atoms with Gasteiger partial charge in [-0.15, -0.1) is 0 Å². The summed E-state index contributed by atoms with van der Waals surface area (Å²) in [4.78, 5) is 12.1. The molecule has 1 aromatic carbocycles. The van der Waals surface area contributed by atoms with Crippen LogP contribution in [-0.2, 0) is 10.2 Å². The summed E-state index contributed by atoms with van der Waals surface area (Å²) in [5.74, 6) is 0.150. The number of aryl methyl sites for hydroxylation is 1. The van der Waals surface area contributed by atoms with Crippen LogP contribution in [0.25, 0.3) is 0 Å². The topological polar surface area (TPSA) is 55.1 Å². The fraction of sp³-hybridized carbons (Fsp3) is 0.588. The van der Waals surface area contributed by atoms with Gasteiger partial charge >= 0.3 is 0 Å². The van der Waals surface area contributed by atoms with Crippen LogP contribution in [0.5, 0.6) is 0 Å². The van der Waals surface area contributed by atoms with Gasteiger partial charge in [0.1, 0.15) is 0 Å². The first kappa shape index (κ1) is 16.7. The fourth-order valence-corrected chi connectivity index (χ4v) is 2.11. The van der Waals surface area contributed by atoms with Gasteiger partial charge < -0.3 is 11.1 Å². The van der Waals surface area contributed by atoms with Crippen LogP contribution in [0.3, 0.4) is 0 Å². The minimum Gasteiger partial charge on any atom is -0.354 e. The Morgan fingerprint density at radius 2 is 2.05 bits per heavy atom. The summed E-state index contributed by atoms with van der Waals surface area (Å²) in [6, 6.07) is 7.98. The number of nitrogens with two attached hydrogens (primary N) is 1. The van der Waals surface area contributed by atoms with Gasteiger partial charge in [-0.05, 0) is 18.4 Å². The van der Waals surface area contributed by atoms with Crippen LogP contribution in [0.1, 0.15) is 45.2 Å². The lowest BCUT2D eigenvalue weighted by Crippen LogP contribution is -2.47. The van der Waals surface area contributed by atoms with Crippen LogP contribution >= 0.6 is 0 Å². The van der Waals surface area contributed by atoms with E-state index in [4.69, 9.17) is 5.73 Å². The first-order chi connectivity index (χ1) is 9.27. The molecule has 1 rings (SSSR count). The first-order valence-corrected chi connectivity index (χ1v) is 7.38. The van der Waals surface area contributed by atoms with E-state index in [0.717, 1.165) is 6.42 Å². The summed E-state index contributed by atoms with van der Waals surface area (Å²) < 4.78 is 0. The van der Waals surface area contributed by atoms with E-state index in [2.05, 4.69) is 57.3 Å². The molecule has 0 spiro atoms. The standard InChI is InChI=1S/C17H28N2O/c1-6-13(3)15(18)16(20)19-11-17(4,5)14-9-7-8-12(2)10-14/h7-10,13,15H,6,11,18H2,1-5H3,(H,19,20). The maximum atomic E-state index is 12.1. The van der Waals surface area contributed by atoms with Gasteiger partial charge in [-0.2, -0.15) is 0 Å². The normalized spacial score (nSPS) is 14.7. The Morgan fingerprint density at radius 3 is 2.60 bits per heavy atom. The van der Waals surface area contributed by atoms with Crippen molar-refractivity contribution in [2.75, 3.05) is 6.54 Å². The molecule has 1 amide bonds. The number of nitrogens with one attached hydrogen (secondary N) is 1. The van der Waals surface area contributed by atoms with Gasteiger partial charge in [0.15, 0.2) is 0 Å². The minimum atomic E-state index is -0.423. The highest BCUT2D eigenvalue weighted by molar-refractivity contribution is 5.81. The molecule has 0 aliphatic heterocycles. The van der Waals surface area contributed by atoms with Crippen molar-refractivity contribution in [2.45, 2.75) is 52.5 Å². The molecule has 0 saturated carbocycles. The van der Waals surface area contributed by atoms with E-state index < -0.39 is 6.04 Å². The molecule has 3 N–H and O–H groups in total. The van der Waals surface area contributed by atoms with E-state index in [1.165, 1.54) is 11.1 Å². The highest BCUT2D eigenvalue weighted by Crippen LogP contribution is 2.23. The Kier molecular flexibility index (Phi) is 5.75. The van der Waals surface area contributed by atoms with Crippen LogP contribution in [0, 0.1) is 12.8 Å². The van der Waals surface area contributed by atoms with E-state index in [9.17, 15) is 4.79 Å². The lowest BCUT2D eigenvalue weighted by Gasteiger charge is -2.27. The largest absolute Gasteiger partial charge is 0.354 e. The number of carbonyl (C=O) groups is 1.